The lowest BCUT2D eigenvalue weighted by Gasteiger charge is -2.01. The third kappa shape index (κ3) is 4.23. The number of benzene rings is 1. The summed E-state index contributed by atoms with van der Waals surface area (Å²) >= 11 is 0. The van der Waals surface area contributed by atoms with Crippen molar-refractivity contribution < 1.29 is 0 Å². The summed E-state index contributed by atoms with van der Waals surface area (Å²) in [6.45, 7) is 2.25. The lowest BCUT2D eigenvalue weighted by atomic mass is 10.1. The Morgan fingerprint density at radius 3 is 2.58 bits per heavy atom. The molecule has 2 rings (SSSR count). The molecule has 0 radical (unpaired) electrons. The number of unbranched alkanes of at least 4 members (excludes halogenated alkanes) is 3. The van der Waals surface area contributed by atoms with Crippen molar-refractivity contribution in [3.63, 3.8) is 0 Å². The summed E-state index contributed by atoms with van der Waals surface area (Å²) in [6, 6.07) is 12.9. The smallest absolute Gasteiger partial charge is 0.0627 e. The highest BCUT2D eigenvalue weighted by atomic mass is 15.3. The second-order valence-corrected chi connectivity index (χ2v) is 5.22. The standard InChI is InChI=1S/C17H24N2/c1-3-4-5-9-12-16-14-17(19(2)18-16)13-15-10-7-6-8-11-15/h6-8,10-11,14H,3-5,9,12-13H2,1-2H3. The SMILES string of the molecule is CCCCCCc1cc(Cc2ccccc2)n(C)n1. The molecule has 2 aromatic rings. The van der Waals surface area contributed by atoms with Crippen LogP contribution in [0.3, 0.4) is 0 Å². The molecule has 0 saturated carbocycles. The van der Waals surface area contributed by atoms with E-state index >= 15 is 0 Å². The van der Waals surface area contributed by atoms with Gasteiger partial charge in [-0.15, -0.1) is 0 Å². The van der Waals surface area contributed by atoms with Crippen LogP contribution < -0.4 is 0 Å². The van der Waals surface area contributed by atoms with Crippen LogP contribution in [0.1, 0.15) is 49.6 Å². The Balaban J connectivity index is 1.93. The van der Waals surface area contributed by atoms with Gasteiger partial charge < -0.3 is 0 Å². The van der Waals surface area contributed by atoms with Crippen molar-refractivity contribution in [3.05, 3.63) is 53.3 Å². The minimum absolute atomic E-state index is 0.972. The first-order chi connectivity index (χ1) is 9.29. The largest absolute Gasteiger partial charge is 0.272 e. The van der Waals surface area contributed by atoms with Crippen molar-refractivity contribution >= 4 is 0 Å². The van der Waals surface area contributed by atoms with Gasteiger partial charge in [0.1, 0.15) is 0 Å². The normalized spacial score (nSPS) is 10.8. The molecule has 2 nitrogen and oxygen atoms in total. The van der Waals surface area contributed by atoms with Crippen molar-refractivity contribution in [1.29, 1.82) is 0 Å². The van der Waals surface area contributed by atoms with E-state index in [1.165, 1.54) is 42.6 Å². The van der Waals surface area contributed by atoms with Crippen LogP contribution in [0.25, 0.3) is 0 Å². The summed E-state index contributed by atoms with van der Waals surface area (Å²) in [5.41, 5.74) is 3.89. The number of hydrogen-bond donors (Lipinski definition) is 0. The molecule has 0 saturated heterocycles. The second-order valence-electron chi connectivity index (χ2n) is 5.22. The molecule has 0 aliphatic carbocycles. The highest BCUT2D eigenvalue weighted by molar-refractivity contribution is 5.23. The van der Waals surface area contributed by atoms with E-state index in [1.807, 2.05) is 11.7 Å². The number of rotatable bonds is 7. The summed E-state index contributed by atoms with van der Waals surface area (Å²) in [5.74, 6) is 0. The molecule has 0 aliphatic rings. The molecule has 2 heteroatoms. The van der Waals surface area contributed by atoms with Crippen LogP contribution in [0.5, 0.6) is 0 Å². The summed E-state index contributed by atoms with van der Waals surface area (Å²) in [7, 11) is 2.05. The van der Waals surface area contributed by atoms with Gasteiger partial charge >= 0.3 is 0 Å². The number of nitrogens with zero attached hydrogens (tertiary/aromatic N) is 2. The highest BCUT2D eigenvalue weighted by Gasteiger charge is 2.05. The molecule has 0 N–H and O–H groups in total. The van der Waals surface area contributed by atoms with Crippen molar-refractivity contribution in [1.82, 2.24) is 9.78 Å². The van der Waals surface area contributed by atoms with Gasteiger partial charge in [0.05, 0.1) is 5.69 Å². The molecule has 0 atom stereocenters. The van der Waals surface area contributed by atoms with E-state index in [0.717, 1.165) is 12.8 Å². The molecule has 1 aromatic heterocycles. The fraction of sp³-hybridized carbons (Fsp3) is 0.471. The van der Waals surface area contributed by atoms with Crippen LogP contribution in [0.15, 0.2) is 36.4 Å². The summed E-state index contributed by atoms with van der Waals surface area (Å²) in [5, 5.41) is 4.62. The van der Waals surface area contributed by atoms with Crippen LogP contribution >= 0.6 is 0 Å². The van der Waals surface area contributed by atoms with Gasteiger partial charge in [0, 0.05) is 19.2 Å². The van der Waals surface area contributed by atoms with Gasteiger partial charge in [0.15, 0.2) is 0 Å². The van der Waals surface area contributed by atoms with E-state index in [-0.39, 0.29) is 0 Å². The van der Waals surface area contributed by atoms with Gasteiger partial charge in [-0.2, -0.15) is 5.10 Å². The minimum atomic E-state index is 0.972. The molecule has 0 amide bonds. The zero-order chi connectivity index (χ0) is 13.5. The molecular formula is C17H24N2. The third-order valence-electron chi connectivity index (χ3n) is 3.54. The average Bonchev–Trinajstić information content (AvgIpc) is 2.77. The average molecular weight is 256 g/mol. The van der Waals surface area contributed by atoms with E-state index in [2.05, 4.69) is 48.4 Å². The van der Waals surface area contributed by atoms with Crippen molar-refractivity contribution in [2.45, 2.75) is 45.4 Å². The van der Waals surface area contributed by atoms with Crippen molar-refractivity contribution in [2.24, 2.45) is 7.05 Å². The predicted molar refractivity (Wildman–Crippen MR) is 80.3 cm³/mol. The molecule has 0 fully saturated rings. The first kappa shape index (κ1) is 13.9. The Bertz CT molecular complexity index is 485. The van der Waals surface area contributed by atoms with Gasteiger partial charge in [0.25, 0.3) is 0 Å². The molecule has 1 heterocycles. The van der Waals surface area contributed by atoms with E-state index in [4.69, 9.17) is 0 Å². The maximum absolute atomic E-state index is 4.62. The van der Waals surface area contributed by atoms with Crippen LogP contribution in [0.4, 0.5) is 0 Å². The van der Waals surface area contributed by atoms with Crippen LogP contribution in [-0.2, 0) is 19.9 Å². The second kappa shape index (κ2) is 7.13. The molecule has 0 unspecified atom stereocenters. The van der Waals surface area contributed by atoms with E-state index < -0.39 is 0 Å². The van der Waals surface area contributed by atoms with Crippen molar-refractivity contribution in [3.8, 4) is 0 Å². The summed E-state index contributed by atoms with van der Waals surface area (Å²) < 4.78 is 2.03. The zero-order valence-electron chi connectivity index (χ0n) is 12.1. The fourth-order valence-electron chi connectivity index (χ4n) is 2.40. The molecule has 19 heavy (non-hydrogen) atoms. The third-order valence-corrected chi connectivity index (χ3v) is 3.54. The number of hydrogen-bond acceptors (Lipinski definition) is 1. The van der Waals surface area contributed by atoms with Gasteiger partial charge in [0.2, 0.25) is 0 Å². The molecule has 0 aliphatic heterocycles. The fourth-order valence-corrected chi connectivity index (χ4v) is 2.40. The van der Waals surface area contributed by atoms with E-state index in [9.17, 15) is 0 Å². The van der Waals surface area contributed by atoms with Crippen LogP contribution in [0.2, 0.25) is 0 Å². The lowest BCUT2D eigenvalue weighted by molar-refractivity contribution is 0.646. The number of aromatic nitrogens is 2. The molecule has 1 aromatic carbocycles. The first-order valence-corrected chi connectivity index (χ1v) is 7.35. The molecular weight excluding hydrogens is 232 g/mol. The number of aryl methyl sites for hydroxylation is 2. The lowest BCUT2D eigenvalue weighted by Crippen LogP contribution is -1.99. The highest BCUT2D eigenvalue weighted by Crippen LogP contribution is 2.12. The van der Waals surface area contributed by atoms with Gasteiger partial charge in [-0.3, -0.25) is 4.68 Å². The Morgan fingerprint density at radius 1 is 1.05 bits per heavy atom. The minimum Gasteiger partial charge on any atom is -0.272 e. The Kier molecular flexibility index (Phi) is 5.20. The summed E-state index contributed by atoms with van der Waals surface area (Å²) in [6.07, 6.45) is 7.30. The first-order valence-electron chi connectivity index (χ1n) is 7.35. The monoisotopic (exact) mass is 256 g/mol. The van der Waals surface area contributed by atoms with Gasteiger partial charge in [-0.05, 0) is 24.5 Å². The molecule has 0 bridgehead atoms. The van der Waals surface area contributed by atoms with Crippen LogP contribution in [-0.4, -0.2) is 9.78 Å². The molecule has 0 spiro atoms. The molecule has 102 valence electrons. The Hall–Kier alpha value is -1.57. The van der Waals surface area contributed by atoms with Crippen molar-refractivity contribution in [2.75, 3.05) is 0 Å². The van der Waals surface area contributed by atoms with E-state index in [1.54, 1.807) is 0 Å². The summed E-state index contributed by atoms with van der Waals surface area (Å²) in [4.78, 5) is 0. The topological polar surface area (TPSA) is 17.8 Å². The van der Waals surface area contributed by atoms with Gasteiger partial charge in [-0.1, -0.05) is 56.5 Å². The quantitative estimate of drug-likeness (QED) is 0.681. The maximum atomic E-state index is 4.62. The Morgan fingerprint density at radius 2 is 1.84 bits per heavy atom. The Labute approximate surface area is 116 Å². The zero-order valence-corrected chi connectivity index (χ0v) is 12.1. The predicted octanol–water partition coefficient (Wildman–Crippen LogP) is 4.13. The van der Waals surface area contributed by atoms with Crippen LogP contribution in [0, 0.1) is 0 Å². The maximum Gasteiger partial charge on any atom is 0.0627 e. The van der Waals surface area contributed by atoms with Gasteiger partial charge in [-0.25, -0.2) is 0 Å². The van der Waals surface area contributed by atoms with E-state index in [0.29, 0.717) is 0 Å².